The van der Waals surface area contributed by atoms with Crippen molar-refractivity contribution in [2.45, 2.75) is 0 Å². The van der Waals surface area contributed by atoms with Crippen LogP contribution in [0.5, 0.6) is 0 Å². The highest BCUT2D eigenvalue weighted by molar-refractivity contribution is 7.26. The minimum Gasteiger partial charge on any atom is -0.294 e. The number of thiophene rings is 1. The molecule has 4 heterocycles. The van der Waals surface area contributed by atoms with E-state index in [1.165, 1.54) is 42.0 Å². The van der Waals surface area contributed by atoms with Gasteiger partial charge in [-0.1, -0.05) is 66.7 Å². The van der Waals surface area contributed by atoms with Gasteiger partial charge in [0.25, 0.3) is 0 Å². The van der Waals surface area contributed by atoms with Gasteiger partial charge in [-0.3, -0.25) is 9.55 Å². The molecule has 0 spiro atoms. The zero-order valence-corrected chi connectivity index (χ0v) is 20.0. The fourth-order valence-electron chi connectivity index (χ4n) is 5.40. The fraction of sp³-hybridized carbons (Fsp3) is 0. The van der Waals surface area contributed by atoms with E-state index in [1.807, 2.05) is 35.7 Å². The van der Waals surface area contributed by atoms with Crippen LogP contribution in [0.3, 0.4) is 0 Å². The van der Waals surface area contributed by atoms with E-state index in [9.17, 15) is 0 Å². The number of benzene rings is 4. The maximum Gasteiger partial charge on any atom is 0.138 e. The molecule has 0 aliphatic heterocycles. The number of para-hydroxylation sites is 2. The van der Waals surface area contributed by atoms with Crippen LogP contribution in [0.15, 0.2) is 115 Å². The quantitative estimate of drug-likeness (QED) is 0.249. The molecule has 0 unspecified atom stereocenters. The van der Waals surface area contributed by atoms with Crippen molar-refractivity contribution in [1.82, 2.24) is 14.5 Å². The Morgan fingerprint density at radius 1 is 0.639 bits per heavy atom. The van der Waals surface area contributed by atoms with E-state index in [0.717, 1.165) is 28.0 Å². The molecule has 36 heavy (non-hydrogen) atoms. The molecule has 4 heteroatoms. The predicted molar refractivity (Wildman–Crippen MR) is 152 cm³/mol. The van der Waals surface area contributed by atoms with Crippen molar-refractivity contribution in [1.29, 1.82) is 0 Å². The molecule has 0 atom stereocenters. The number of nitrogens with zero attached hydrogens (tertiary/aromatic N) is 3. The largest absolute Gasteiger partial charge is 0.294 e. The maximum absolute atomic E-state index is 5.14. The van der Waals surface area contributed by atoms with Crippen LogP contribution in [0.25, 0.3) is 70.0 Å². The van der Waals surface area contributed by atoms with Gasteiger partial charge in [0.2, 0.25) is 0 Å². The molecular weight excluding hydrogens is 458 g/mol. The number of fused-ring (bicyclic) bond motifs is 8. The van der Waals surface area contributed by atoms with Crippen LogP contribution >= 0.6 is 11.3 Å². The Kier molecular flexibility index (Phi) is 4.10. The highest BCUT2D eigenvalue weighted by atomic mass is 32.1. The van der Waals surface area contributed by atoms with Crippen LogP contribution in [-0.4, -0.2) is 14.5 Å². The van der Waals surface area contributed by atoms with Crippen LogP contribution in [0, 0.1) is 0 Å². The minimum atomic E-state index is 0.910. The van der Waals surface area contributed by atoms with Crippen LogP contribution in [0.4, 0.5) is 0 Å². The summed E-state index contributed by atoms with van der Waals surface area (Å²) in [4.78, 5) is 9.80. The lowest BCUT2D eigenvalue weighted by Gasteiger charge is -2.09. The molecule has 0 aliphatic carbocycles. The Hall–Kier alpha value is -4.54. The third-order valence-corrected chi connectivity index (χ3v) is 8.23. The molecule has 0 N–H and O–H groups in total. The molecule has 3 nitrogen and oxygen atoms in total. The first kappa shape index (κ1) is 19.7. The molecule has 4 aromatic heterocycles. The number of hydrogen-bond acceptors (Lipinski definition) is 3. The van der Waals surface area contributed by atoms with Gasteiger partial charge >= 0.3 is 0 Å². The summed E-state index contributed by atoms with van der Waals surface area (Å²) in [7, 11) is 0. The first-order valence-electron chi connectivity index (χ1n) is 12.0. The lowest BCUT2D eigenvalue weighted by Crippen LogP contribution is -1.98. The zero-order valence-electron chi connectivity index (χ0n) is 19.2. The van der Waals surface area contributed by atoms with E-state index >= 15 is 0 Å². The predicted octanol–water partition coefficient (Wildman–Crippen LogP) is 8.76. The summed E-state index contributed by atoms with van der Waals surface area (Å²) in [5.41, 5.74) is 5.27. The van der Waals surface area contributed by atoms with Crippen LogP contribution in [0.2, 0.25) is 0 Å². The van der Waals surface area contributed by atoms with Crippen molar-refractivity contribution in [3.05, 3.63) is 115 Å². The Morgan fingerprint density at radius 3 is 2.44 bits per heavy atom. The molecular formula is C32H19N3S. The summed E-state index contributed by atoms with van der Waals surface area (Å²) in [5.74, 6) is 0.910. The summed E-state index contributed by atoms with van der Waals surface area (Å²) in [6.45, 7) is 0. The Labute approximate surface area is 210 Å². The van der Waals surface area contributed by atoms with E-state index in [4.69, 9.17) is 4.98 Å². The van der Waals surface area contributed by atoms with Gasteiger partial charge in [0.1, 0.15) is 5.82 Å². The SMILES string of the molecule is c1cc(-c2cnc3ccccc3c2)nc(-n2c3ccccc3c3c4sc5ccccc5c4ccc32)c1. The molecule has 4 aromatic carbocycles. The highest BCUT2D eigenvalue weighted by Gasteiger charge is 2.18. The summed E-state index contributed by atoms with van der Waals surface area (Å²) in [6.07, 6.45) is 1.92. The number of rotatable bonds is 2. The summed E-state index contributed by atoms with van der Waals surface area (Å²) >= 11 is 1.87. The summed E-state index contributed by atoms with van der Waals surface area (Å²) < 4.78 is 4.95. The van der Waals surface area contributed by atoms with Gasteiger partial charge in [0, 0.05) is 48.1 Å². The Balaban J connectivity index is 1.41. The topological polar surface area (TPSA) is 30.7 Å². The van der Waals surface area contributed by atoms with Gasteiger partial charge in [0.05, 0.1) is 22.2 Å². The number of hydrogen-bond donors (Lipinski definition) is 0. The average Bonchev–Trinajstić information content (AvgIpc) is 3.48. The number of pyridine rings is 2. The van der Waals surface area contributed by atoms with E-state index in [-0.39, 0.29) is 0 Å². The third kappa shape index (κ3) is 2.79. The molecule has 168 valence electrons. The second-order valence-electron chi connectivity index (χ2n) is 9.08. The summed E-state index contributed by atoms with van der Waals surface area (Å²) in [5, 5.41) is 6.30. The van der Waals surface area contributed by atoms with E-state index in [1.54, 1.807) is 0 Å². The Bertz CT molecular complexity index is 2120. The number of aromatic nitrogens is 3. The lowest BCUT2D eigenvalue weighted by molar-refractivity contribution is 1.08. The van der Waals surface area contributed by atoms with Crippen molar-refractivity contribution in [3.63, 3.8) is 0 Å². The normalized spacial score (nSPS) is 11.9. The molecule has 8 rings (SSSR count). The second kappa shape index (κ2) is 7.48. The van der Waals surface area contributed by atoms with Crippen molar-refractivity contribution in [2.24, 2.45) is 0 Å². The first-order chi connectivity index (χ1) is 17.8. The van der Waals surface area contributed by atoms with Gasteiger partial charge in [-0.25, -0.2) is 4.98 Å². The van der Waals surface area contributed by atoms with Crippen LogP contribution in [0.1, 0.15) is 0 Å². The van der Waals surface area contributed by atoms with E-state index in [2.05, 4.69) is 101 Å². The standard InChI is InChI=1S/C32H19N3S/c1-4-11-25-20(8-1)18-21(19-33-25)26-12-7-15-30(34-26)35-27-13-5-2-10-24(27)31-28(35)17-16-23-22-9-3-6-14-29(22)36-32(23)31/h1-19H. The lowest BCUT2D eigenvalue weighted by atomic mass is 10.1. The van der Waals surface area contributed by atoms with Gasteiger partial charge in [-0.2, -0.15) is 0 Å². The molecule has 0 aliphatic rings. The van der Waals surface area contributed by atoms with E-state index in [0.29, 0.717) is 0 Å². The fourth-order valence-corrected chi connectivity index (χ4v) is 6.66. The minimum absolute atomic E-state index is 0.910. The summed E-state index contributed by atoms with van der Waals surface area (Å²) in [6, 6.07) is 38.5. The highest BCUT2D eigenvalue weighted by Crippen LogP contribution is 2.43. The van der Waals surface area contributed by atoms with Crippen LogP contribution in [-0.2, 0) is 0 Å². The molecule has 0 saturated heterocycles. The molecule has 0 fully saturated rings. The molecule has 0 bridgehead atoms. The van der Waals surface area contributed by atoms with Crippen LogP contribution < -0.4 is 0 Å². The van der Waals surface area contributed by atoms with Gasteiger partial charge < -0.3 is 0 Å². The Morgan fingerprint density at radius 2 is 1.47 bits per heavy atom. The smallest absolute Gasteiger partial charge is 0.138 e. The first-order valence-corrected chi connectivity index (χ1v) is 12.8. The molecule has 0 radical (unpaired) electrons. The van der Waals surface area contributed by atoms with Crippen molar-refractivity contribution >= 4 is 64.2 Å². The van der Waals surface area contributed by atoms with Gasteiger partial charge in [-0.15, -0.1) is 11.3 Å². The molecule has 8 aromatic rings. The van der Waals surface area contributed by atoms with Gasteiger partial charge in [0.15, 0.2) is 0 Å². The zero-order chi connectivity index (χ0) is 23.6. The van der Waals surface area contributed by atoms with Gasteiger partial charge in [-0.05, 0) is 42.5 Å². The van der Waals surface area contributed by atoms with Crippen molar-refractivity contribution < 1.29 is 0 Å². The monoisotopic (exact) mass is 477 g/mol. The average molecular weight is 478 g/mol. The third-order valence-electron chi connectivity index (χ3n) is 7.03. The molecule has 0 saturated carbocycles. The van der Waals surface area contributed by atoms with Crippen molar-refractivity contribution in [3.8, 4) is 17.1 Å². The molecule has 0 amide bonds. The van der Waals surface area contributed by atoms with Crippen molar-refractivity contribution in [2.75, 3.05) is 0 Å². The second-order valence-corrected chi connectivity index (χ2v) is 10.1. The van der Waals surface area contributed by atoms with E-state index < -0.39 is 0 Å². The maximum atomic E-state index is 5.14.